The van der Waals surface area contributed by atoms with Crippen LogP contribution in [0.4, 0.5) is 27.2 Å². The lowest BCUT2D eigenvalue weighted by Crippen LogP contribution is -2.27. The smallest absolute Gasteiger partial charge is 0.330 e. The van der Waals surface area contributed by atoms with Crippen LogP contribution in [0, 0.1) is 0 Å². The van der Waals surface area contributed by atoms with Crippen molar-refractivity contribution in [1.29, 1.82) is 0 Å². The predicted octanol–water partition coefficient (Wildman–Crippen LogP) is 11.4. The number of carbonyl (C=O) groups excluding carboxylic acids is 2. The van der Waals surface area contributed by atoms with E-state index in [4.69, 9.17) is 9.47 Å². The summed E-state index contributed by atoms with van der Waals surface area (Å²) in [5.74, 6) is 0.559. The highest BCUT2D eigenvalue weighted by Gasteiger charge is 2.09. The van der Waals surface area contributed by atoms with Crippen LogP contribution in [-0.4, -0.2) is 43.0 Å². The van der Waals surface area contributed by atoms with Crippen LogP contribution < -0.4 is 9.64 Å². The number of azo groups is 2. The fraction of sp³-hybridized carbons (Fsp3) is 0.378. The molecule has 2 aromatic heterocycles. The molecule has 0 aliphatic heterocycles. The molecule has 2 heterocycles. The van der Waals surface area contributed by atoms with Crippen molar-refractivity contribution >= 4 is 71.2 Å². The Hall–Kier alpha value is -4.55. The van der Waals surface area contributed by atoms with E-state index in [9.17, 15) is 9.59 Å². The number of fused-ring (bicyclic) bond motifs is 1. The number of ether oxygens (including phenoxy) is 2. The van der Waals surface area contributed by atoms with Gasteiger partial charge in [-0.15, -0.1) is 20.5 Å². The van der Waals surface area contributed by atoms with Gasteiger partial charge >= 0.3 is 5.97 Å². The fourth-order valence-corrected chi connectivity index (χ4v) is 6.74. The monoisotopic (exact) mass is 700 g/mol. The lowest BCUT2D eigenvalue weighted by atomic mass is 10.1. The molecule has 0 amide bonds. The van der Waals surface area contributed by atoms with Crippen molar-refractivity contribution in [1.82, 2.24) is 4.98 Å². The first kappa shape index (κ1) is 37.3. The Labute approximate surface area is 296 Å². The summed E-state index contributed by atoms with van der Waals surface area (Å²) in [5.41, 5.74) is 2.48. The minimum atomic E-state index is -0.421. The molecule has 0 saturated heterocycles. The number of rotatable bonds is 23. The number of hydrogen-bond acceptors (Lipinski definition) is 12. The summed E-state index contributed by atoms with van der Waals surface area (Å²) in [5, 5.41) is 18.8. The minimum absolute atomic E-state index is 0.149. The highest BCUT2D eigenvalue weighted by Crippen LogP contribution is 2.39. The molecule has 0 atom stereocenters. The van der Waals surface area contributed by atoms with Crippen LogP contribution in [0.1, 0.15) is 64.7 Å². The Balaban J connectivity index is 1.15. The van der Waals surface area contributed by atoms with Crippen molar-refractivity contribution in [2.45, 2.75) is 64.7 Å². The summed E-state index contributed by atoms with van der Waals surface area (Å²) in [6, 6.07) is 17.4. The molecule has 10 nitrogen and oxygen atoms in total. The van der Waals surface area contributed by atoms with E-state index in [2.05, 4.69) is 43.5 Å². The average Bonchev–Trinajstić information content (AvgIpc) is 3.70. The van der Waals surface area contributed by atoms with Crippen molar-refractivity contribution in [3.63, 3.8) is 0 Å². The molecule has 4 rings (SSSR count). The van der Waals surface area contributed by atoms with E-state index in [1.807, 2.05) is 61.5 Å². The predicted molar refractivity (Wildman–Crippen MR) is 200 cm³/mol. The average molecular weight is 701 g/mol. The number of thiazole rings is 1. The van der Waals surface area contributed by atoms with Gasteiger partial charge in [0, 0.05) is 24.7 Å². The summed E-state index contributed by atoms with van der Waals surface area (Å²) in [6.45, 7) is 11.3. The molecule has 0 unspecified atom stereocenters. The Morgan fingerprint density at radius 1 is 0.796 bits per heavy atom. The number of ketones is 1. The third kappa shape index (κ3) is 13.1. The van der Waals surface area contributed by atoms with Gasteiger partial charge in [0.2, 0.25) is 5.13 Å². The lowest BCUT2D eigenvalue weighted by Gasteiger charge is -2.22. The molecule has 0 spiro atoms. The van der Waals surface area contributed by atoms with Gasteiger partial charge < -0.3 is 14.4 Å². The maximum atomic E-state index is 11.3. The number of carbonyl (C=O) groups is 2. The number of unbranched alkanes of at least 4 members (excludes halogenated alkanes) is 7. The van der Waals surface area contributed by atoms with E-state index in [0.29, 0.717) is 31.3 Å². The van der Waals surface area contributed by atoms with Crippen LogP contribution in [0.25, 0.3) is 9.53 Å². The second kappa shape index (κ2) is 20.7. The van der Waals surface area contributed by atoms with Gasteiger partial charge in [0.25, 0.3) is 0 Å². The number of allylic oxidation sites excluding steroid dienone is 1. The summed E-state index contributed by atoms with van der Waals surface area (Å²) in [7, 11) is 0. The van der Waals surface area contributed by atoms with E-state index >= 15 is 0 Å². The van der Waals surface area contributed by atoms with E-state index in [-0.39, 0.29) is 5.78 Å². The molecule has 49 heavy (non-hydrogen) atoms. The molecule has 0 radical (unpaired) electrons. The van der Waals surface area contributed by atoms with Crippen molar-refractivity contribution in [3.05, 3.63) is 79.9 Å². The van der Waals surface area contributed by atoms with E-state index < -0.39 is 5.97 Å². The van der Waals surface area contributed by atoms with Crippen molar-refractivity contribution < 1.29 is 19.1 Å². The van der Waals surface area contributed by atoms with E-state index in [1.165, 1.54) is 54.4 Å². The van der Waals surface area contributed by atoms with Gasteiger partial charge in [0.1, 0.15) is 22.2 Å². The van der Waals surface area contributed by atoms with Crippen molar-refractivity contribution in [2.75, 3.05) is 31.2 Å². The maximum Gasteiger partial charge on any atom is 0.330 e. The molecular weight excluding hydrogens is 657 g/mol. The van der Waals surface area contributed by atoms with Gasteiger partial charge in [-0.1, -0.05) is 74.4 Å². The molecule has 0 fully saturated rings. The first-order chi connectivity index (χ1) is 24.0. The molecule has 0 saturated carbocycles. The zero-order chi connectivity index (χ0) is 34.7. The van der Waals surface area contributed by atoms with Crippen molar-refractivity contribution in [3.8, 4) is 5.75 Å². The van der Waals surface area contributed by atoms with Gasteiger partial charge in [-0.3, -0.25) is 4.79 Å². The zero-order valence-corrected chi connectivity index (χ0v) is 29.7. The highest BCUT2D eigenvalue weighted by atomic mass is 32.1. The van der Waals surface area contributed by atoms with Crippen LogP contribution in [-0.2, 0) is 14.3 Å². The molecule has 0 bridgehead atoms. The Bertz CT molecular complexity index is 1660. The quantitative estimate of drug-likeness (QED) is 0.0329. The van der Waals surface area contributed by atoms with Crippen LogP contribution in [0.2, 0.25) is 0 Å². The largest absolute Gasteiger partial charge is 0.494 e. The van der Waals surface area contributed by atoms with Gasteiger partial charge in [-0.05, 0) is 80.4 Å². The number of aromatic nitrogens is 1. The number of hydrogen-bond donors (Lipinski definition) is 0. The molecule has 12 heteroatoms. The third-order valence-electron chi connectivity index (χ3n) is 7.60. The third-order valence-corrected chi connectivity index (χ3v) is 9.53. The summed E-state index contributed by atoms with van der Waals surface area (Å²) < 4.78 is 12.0. The minimum Gasteiger partial charge on any atom is -0.494 e. The van der Waals surface area contributed by atoms with Crippen LogP contribution in [0.15, 0.2) is 100 Å². The normalized spacial score (nSPS) is 11.4. The molecule has 2 aromatic carbocycles. The van der Waals surface area contributed by atoms with Crippen LogP contribution in [0.3, 0.4) is 0 Å². The molecule has 0 aliphatic carbocycles. The van der Waals surface area contributed by atoms with E-state index in [0.717, 1.165) is 75.6 Å². The summed E-state index contributed by atoms with van der Waals surface area (Å²) in [4.78, 5) is 30.0. The summed E-state index contributed by atoms with van der Waals surface area (Å²) in [6.07, 6.45) is 12.4. The summed E-state index contributed by atoms with van der Waals surface area (Å²) >= 11 is 2.92. The van der Waals surface area contributed by atoms with Gasteiger partial charge in [-0.2, -0.15) is 0 Å². The van der Waals surface area contributed by atoms with Gasteiger partial charge in [0.15, 0.2) is 5.78 Å². The molecule has 0 aliphatic rings. The highest BCUT2D eigenvalue weighted by molar-refractivity contribution is 7.30. The molecule has 258 valence electrons. The van der Waals surface area contributed by atoms with Gasteiger partial charge in [0.05, 0.1) is 29.2 Å². The molecule has 0 N–H and O–H groups in total. The number of benzene rings is 2. The zero-order valence-electron chi connectivity index (χ0n) is 28.1. The number of likely N-dealkylation sites (N-methyl/N-ethyl adjacent to an activating group) is 1. The van der Waals surface area contributed by atoms with Crippen LogP contribution in [0.5, 0.6) is 5.75 Å². The SMILES string of the molecule is C=CC(=O)CCCCCCCCCCOc1ccc(N=Nc2cc3sc(N=Nc4ccc(N(CC)CCOC(=O)C=C)cc4)nc3s2)cc1. The molecule has 4 aromatic rings. The van der Waals surface area contributed by atoms with Gasteiger partial charge in [-0.25, -0.2) is 9.78 Å². The maximum absolute atomic E-state index is 11.3. The second-order valence-electron chi connectivity index (χ2n) is 11.2. The number of nitrogens with zero attached hydrogens (tertiary/aromatic N) is 6. The number of anilines is 1. The Morgan fingerprint density at radius 3 is 2.10 bits per heavy atom. The standard InChI is InChI=1S/C37H44N6O4S2/c1-4-31(44)15-13-11-9-7-8-10-12-14-25-46-32-22-18-29(19-23-32)39-41-34-27-33-36(49-34)38-37(48-33)42-40-28-16-20-30(21-17-28)43(6-3)24-26-47-35(45)5-2/h4-5,16-23,27H,1-2,6-15,24-26H2,3H3. The fourth-order valence-electron chi connectivity index (χ4n) is 4.89. The van der Waals surface area contributed by atoms with Crippen LogP contribution >= 0.6 is 22.7 Å². The Morgan fingerprint density at radius 2 is 1.45 bits per heavy atom. The van der Waals surface area contributed by atoms with Crippen molar-refractivity contribution in [2.24, 2.45) is 20.5 Å². The number of thiophene rings is 1. The topological polar surface area (TPSA) is 118 Å². The molecular formula is C37H44N6O4S2. The number of esters is 1. The Kier molecular flexibility index (Phi) is 15.8. The van der Waals surface area contributed by atoms with E-state index in [1.54, 1.807) is 0 Å². The first-order valence-electron chi connectivity index (χ1n) is 16.7. The first-order valence-corrected chi connectivity index (χ1v) is 18.4. The second-order valence-corrected chi connectivity index (χ2v) is 13.2. The lowest BCUT2D eigenvalue weighted by molar-refractivity contribution is -0.137.